The van der Waals surface area contributed by atoms with E-state index in [1.54, 1.807) is 7.11 Å². The van der Waals surface area contributed by atoms with Gasteiger partial charge in [-0.05, 0) is 30.5 Å². The molecular weight excluding hydrogens is 174 g/mol. The molecule has 1 aromatic rings. The Hall–Kier alpha value is -1.75. The molecule has 0 N–H and O–H groups in total. The standard InChI is InChI=1S/C12H11NO/c1-14-12-4-2-3-10-7-9(8-13)5-6-11(10)12/h2-4,7H,5-6H2,1H3. The van der Waals surface area contributed by atoms with Gasteiger partial charge in [-0.25, -0.2) is 0 Å². The topological polar surface area (TPSA) is 33.0 Å². The summed E-state index contributed by atoms with van der Waals surface area (Å²) in [6.07, 6.45) is 3.67. The van der Waals surface area contributed by atoms with Gasteiger partial charge in [-0.1, -0.05) is 12.1 Å². The molecule has 0 unspecified atom stereocenters. The van der Waals surface area contributed by atoms with Crippen molar-refractivity contribution in [3.63, 3.8) is 0 Å². The zero-order valence-electron chi connectivity index (χ0n) is 8.08. The number of nitrogens with zero attached hydrogens (tertiary/aromatic N) is 1. The van der Waals surface area contributed by atoms with Crippen LogP contribution in [0.2, 0.25) is 0 Å². The number of hydrogen-bond acceptors (Lipinski definition) is 2. The van der Waals surface area contributed by atoms with E-state index in [-0.39, 0.29) is 0 Å². The van der Waals surface area contributed by atoms with E-state index in [0.29, 0.717) is 0 Å². The van der Waals surface area contributed by atoms with Gasteiger partial charge in [0.25, 0.3) is 0 Å². The van der Waals surface area contributed by atoms with E-state index < -0.39 is 0 Å². The van der Waals surface area contributed by atoms with E-state index in [4.69, 9.17) is 10.00 Å². The van der Waals surface area contributed by atoms with E-state index in [1.807, 2.05) is 24.3 Å². The van der Waals surface area contributed by atoms with Crippen molar-refractivity contribution in [2.45, 2.75) is 12.8 Å². The largest absolute Gasteiger partial charge is 0.496 e. The summed E-state index contributed by atoms with van der Waals surface area (Å²) in [5, 5.41) is 8.79. The Bertz CT molecular complexity index is 426. The van der Waals surface area contributed by atoms with Gasteiger partial charge in [0.05, 0.1) is 13.2 Å². The summed E-state index contributed by atoms with van der Waals surface area (Å²) in [5.74, 6) is 0.927. The molecule has 0 saturated carbocycles. The van der Waals surface area contributed by atoms with Crippen LogP contribution in [0, 0.1) is 11.3 Å². The second kappa shape index (κ2) is 3.55. The van der Waals surface area contributed by atoms with Crippen molar-refractivity contribution in [3.05, 3.63) is 34.9 Å². The van der Waals surface area contributed by atoms with Crippen LogP contribution in [0.4, 0.5) is 0 Å². The average molecular weight is 185 g/mol. The van der Waals surface area contributed by atoms with Crippen LogP contribution >= 0.6 is 0 Å². The molecule has 0 bridgehead atoms. The molecule has 0 amide bonds. The van der Waals surface area contributed by atoms with Crippen LogP contribution in [0.3, 0.4) is 0 Å². The van der Waals surface area contributed by atoms with E-state index in [9.17, 15) is 0 Å². The lowest BCUT2D eigenvalue weighted by molar-refractivity contribution is 0.409. The van der Waals surface area contributed by atoms with Gasteiger partial charge in [0, 0.05) is 11.1 Å². The molecule has 0 aliphatic heterocycles. The first-order valence-electron chi connectivity index (χ1n) is 4.61. The molecule has 1 aliphatic rings. The Labute approximate surface area is 83.4 Å². The van der Waals surface area contributed by atoms with Gasteiger partial charge in [-0.2, -0.15) is 5.26 Å². The zero-order valence-corrected chi connectivity index (χ0v) is 8.08. The van der Waals surface area contributed by atoms with Crippen molar-refractivity contribution in [2.24, 2.45) is 0 Å². The number of fused-ring (bicyclic) bond motifs is 1. The van der Waals surface area contributed by atoms with Crippen molar-refractivity contribution in [3.8, 4) is 11.8 Å². The summed E-state index contributed by atoms with van der Waals surface area (Å²) in [4.78, 5) is 0. The Morgan fingerprint density at radius 2 is 2.21 bits per heavy atom. The highest BCUT2D eigenvalue weighted by atomic mass is 16.5. The van der Waals surface area contributed by atoms with Gasteiger partial charge >= 0.3 is 0 Å². The molecule has 14 heavy (non-hydrogen) atoms. The van der Waals surface area contributed by atoms with Crippen molar-refractivity contribution < 1.29 is 4.74 Å². The number of rotatable bonds is 1. The fraction of sp³-hybridized carbons (Fsp3) is 0.250. The van der Waals surface area contributed by atoms with Gasteiger partial charge in [0.15, 0.2) is 0 Å². The summed E-state index contributed by atoms with van der Waals surface area (Å²) in [6.45, 7) is 0. The molecular formula is C12H11NO. The minimum Gasteiger partial charge on any atom is -0.496 e. The molecule has 0 saturated heterocycles. The van der Waals surface area contributed by atoms with Crippen LogP contribution in [0.25, 0.3) is 6.08 Å². The maximum Gasteiger partial charge on any atom is 0.122 e. The molecule has 2 heteroatoms. The van der Waals surface area contributed by atoms with E-state index in [0.717, 1.165) is 29.7 Å². The lowest BCUT2D eigenvalue weighted by Gasteiger charge is -2.15. The molecule has 1 aromatic carbocycles. The molecule has 70 valence electrons. The molecule has 0 aromatic heterocycles. The lowest BCUT2D eigenvalue weighted by atomic mass is 9.92. The summed E-state index contributed by atoms with van der Waals surface area (Å²) < 4.78 is 5.27. The molecule has 1 aliphatic carbocycles. The Balaban J connectivity index is 2.52. The fourth-order valence-corrected chi connectivity index (χ4v) is 1.78. The fourth-order valence-electron chi connectivity index (χ4n) is 1.78. The van der Waals surface area contributed by atoms with Gasteiger partial charge < -0.3 is 4.74 Å². The highest BCUT2D eigenvalue weighted by Gasteiger charge is 2.13. The van der Waals surface area contributed by atoms with E-state index in [1.165, 1.54) is 5.56 Å². The van der Waals surface area contributed by atoms with Crippen molar-refractivity contribution in [1.82, 2.24) is 0 Å². The normalized spacial score (nSPS) is 13.9. The minimum absolute atomic E-state index is 0.823. The van der Waals surface area contributed by atoms with Crippen LogP contribution in [-0.4, -0.2) is 7.11 Å². The molecule has 0 atom stereocenters. The maximum absolute atomic E-state index is 8.79. The van der Waals surface area contributed by atoms with Crippen LogP contribution < -0.4 is 4.74 Å². The maximum atomic E-state index is 8.79. The third kappa shape index (κ3) is 1.38. The molecule has 0 heterocycles. The number of nitriles is 1. The van der Waals surface area contributed by atoms with Gasteiger partial charge in [0.1, 0.15) is 5.75 Å². The Morgan fingerprint density at radius 3 is 2.93 bits per heavy atom. The molecule has 2 nitrogen and oxygen atoms in total. The minimum atomic E-state index is 0.823. The number of methoxy groups -OCH3 is 1. The predicted octanol–water partition coefficient (Wildman–Crippen LogP) is 2.55. The highest BCUT2D eigenvalue weighted by molar-refractivity contribution is 5.65. The number of hydrogen-bond donors (Lipinski definition) is 0. The summed E-state index contributed by atoms with van der Waals surface area (Å²) in [6, 6.07) is 8.14. The van der Waals surface area contributed by atoms with Crippen molar-refractivity contribution in [1.29, 1.82) is 5.26 Å². The van der Waals surface area contributed by atoms with Crippen molar-refractivity contribution in [2.75, 3.05) is 7.11 Å². The van der Waals surface area contributed by atoms with E-state index >= 15 is 0 Å². The first kappa shape index (κ1) is 8.83. The van der Waals surface area contributed by atoms with Gasteiger partial charge in [-0.15, -0.1) is 0 Å². The first-order valence-corrected chi connectivity index (χ1v) is 4.61. The third-order valence-electron chi connectivity index (χ3n) is 2.51. The Kier molecular flexibility index (Phi) is 2.24. The van der Waals surface area contributed by atoms with Crippen LogP contribution in [0.15, 0.2) is 23.8 Å². The van der Waals surface area contributed by atoms with Gasteiger partial charge in [0.2, 0.25) is 0 Å². The van der Waals surface area contributed by atoms with Crippen LogP contribution in [0.1, 0.15) is 17.5 Å². The first-order chi connectivity index (χ1) is 6.85. The third-order valence-corrected chi connectivity index (χ3v) is 2.51. The van der Waals surface area contributed by atoms with Crippen molar-refractivity contribution >= 4 is 6.08 Å². The van der Waals surface area contributed by atoms with E-state index in [2.05, 4.69) is 6.07 Å². The number of benzene rings is 1. The lowest BCUT2D eigenvalue weighted by Crippen LogP contribution is -2.01. The predicted molar refractivity (Wildman–Crippen MR) is 54.9 cm³/mol. The summed E-state index contributed by atoms with van der Waals surface area (Å²) in [7, 11) is 1.68. The quantitative estimate of drug-likeness (QED) is 0.673. The number of allylic oxidation sites excluding steroid dienone is 1. The smallest absolute Gasteiger partial charge is 0.122 e. The second-order valence-electron chi connectivity index (χ2n) is 3.31. The highest BCUT2D eigenvalue weighted by Crippen LogP contribution is 2.30. The molecule has 0 spiro atoms. The van der Waals surface area contributed by atoms with Crippen LogP contribution in [-0.2, 0) is 6.42 Å². The summed E-state index contributed by atoms with van der Waals surface area (Å²) in [5.41, 5.74) is 3.19. The SMILES string of the molecule is COc1cccc2c1CCC(C#N)=C2. The number of ether oxygens (including phenoxy) is 1. The monoisotopic (exact) mass is 185 g/mol. The molecule has 0 radical (unpaired) electrons. The summed E-state index contributed by atoms with van der Waals surface area (Å²) >= 11 is 0. The molecule has 0 fully saturated rings. The molecule has 2 rings (SSSR count). The van der Waals surface area contributed by atoms with Crippen LogP contribution in [0.5, 0.6) is 5.75 Å². The average Bonchev–Trinajstić information content (AvgIpc) is 2.27. The van der Waals surface area contributed by atoms with Gasteiger partial charge in [-0.3, -0.25) is 0 Å². The Morgan fingerprint density at radius 1 is 1.36 bits per heavy atom. The zero-order chi connectivity index (χ0) is 9.97. The second-order valence-corrected chi connectivity index (χ2v) is 3.31.